The number of methoxy groups -OCH3 is 1. The van der Waals surface area contributed by atoms with Gasteiger partial charge in [0.15, 0.2) is 0 Å². The fourth-order valence-electron chi connectivity index (χ4n) is 2.46. The van der Waals surface area contributed by atoms with Gasteiger partial charge in [-0.15, -0.1) is 0 Å². The summed E-state index contributed by atoms with van der Waals surface area (Å²) in [6.07, 6.45) is 0. The monoisotopic (exact) mass is 390 g/mol. The third kappa shape index (κ3) is 5.35. The second-order valence-electron chi connectivity index (χ2n) is 5.87. The smallest absolute Gasteiger partial charge is 0.236 e. The standard InChI is InChI=1S/C19H23BrN2O2/c1-21(13-16-8-4-5-10-18(16)20)14-19(23)22(2)12-15-7-6-9-17(11-15)24-3/h4-11H,12-14H2,1-3H3. The third-order valence-corrected chi connectivity index (χ3v) is 4.56. The molecule has 2 rings (SSSR count). The minimum Gasteiger partial charge on any atom is -0.497 e. The van der Waals surface area contributed by atoms with Gasteiger partial charge in [0.05, 0.1) is 13.7 Å². The molecule has 4 nitrogen and oxygen atoms in total. The Bertz CT molecular complexity index is 691. The molecule has 0 spiro atoms. The van der Waals surface area contributed by atoms with Crippen molar-refractivity contribution in [3.63, 3.8) is 0 Å². The quantitative estimate of drug-likeness (QED) is 0.724. The van der Waals surface area contributed by atoms with Crippen LogP contribution in [0, 0.1) is 0 Å². The first-order chi connectivity index (χ1) is 11.5. The summed E-state index contributed by atoms with van der Waals surface area (Å²) in [5.41, 5.74) is 2.22. The largest absolute Gasteiger partial charge is 0.497 e. The molecule has 1 amide bonds. The molecule has 0 atom stereocenters. The van der Waals surface area contributed by atoms with Crippen LogP contribution in [-0.4, -0.2) is 43.5 Å². The number of halogens is 1. The minimum absolute atomic E-state index is 0.0902. The summed E-state index contributed by atoms with van der Waals surface area (Å²) >= 11 is 3.54. The molecule has 0 aromatic heterocycles. The highest BCUT2D eigenvalue weighted by Gasteiger charge is 2.13. The van der Waals surface area contributed by atoms with Crippen LogP contribution in [0.3, 0.4) is 0 Å². The van der Waals surface area contributed by atoms with Gasteiger partial charge in [-0.25, -0.2) is 0 Å². The van der Waals surface area contributed by atoms with Gasteiger partial charge in [-0.3, -0.25) is 9.69 Å². The van der Waals surface area contributed by atoms with Crippen molar-refractivity contribution in [3.05, 3.63) is 64.1 Å². The molecule has 0 unspecified atom stereocenters. The normalized spacial score (nSPS) is 10.7. The van der Waals surface area contributed by atoms with Crippen molar-refractivity contribution >= 4 is 21.8 Å². The van der Waals surface area contributed by atoms with Gasteiger partial charge in [0.1, 0.15) is 5.75 Å². The Morgan fingerprint density at radius 3 is 2.54 bits per heavy atom. The van der Waals surface area contributed by atoms with E-state index in [1.165, 1.54) is 5.56 Å². The molecular weight excluding hydrogens is 368 g/mol. The number of hydrogen-bond donors (Lipinski definition) is 0. The molecule has 0 aliphatic carbocycles. The third-order valence-electron chi connectivity index (χ3n) is 3.78. The van der Waals surface area contributed by atoms with Crippen LogP contribution in [0.25, 0.3) is 0 Å². The van der Waals surface area contributed by atoms with E-state index < -0.39 is 0 Å². The molecule has 2 aromatic carbocycles. The number of carbonyl (C=O) groups excluding carboxylic acids is 1. The maximum atomic E-state index is 12.4. The second-order valence-corrected chi connectivity index (χ2v) is 6.72. The topological polar surface area (TPSA) is 32.8 Å². The fourth-order valence-corrected chi connectivity index (χ4v) is 2.87. The number of carbonyl (C=O) groups is 1. The van der Waals surface area contributed by atoms with Crippen molar-refractivity contribution in [2.24, 2.45) is 0 Å². The number of likely N-dealkylation sites (N-methyl/N-ethyl adjacent to an activating group) is 2. The minimum atomic E-state index is 0.0902. The highest BCUT2D eigenvalue weighted by atomic mass is 79.9. The number of rotatable bonds is 7. The van der Waals surface area contributed by atoms with E-state index in [2.05, 4.69) is 22.0 Å². The Morgan fingerprint density at radius 2 is 1.83 bits per heavy atom. The molecule has 0 saturated heterocycles. The van der Waals surface area contributed by atoms with Crippen molar-refractivity contribution in [2.45, 2.75) is 13.1 Å². The summed E-state index contributed by atoms with van der Waals surface area (Å²) < 4.78 is 6.29. The lowest BCUT2D eigenvalue weighted by atomic mass is 10.2. The lowest BCUT2D eigenvalue weighted by molar-refractivity contribution is -0.131. The number of hydrogen-bond acceptors (Lipinski definition) is 3. The van der Waals surface area contributed by atoms with Crippen LogP contribution in [0.1, 0.15) is 11.1 Å². The maximum absolute atomic E-state index is 12.4. The van der Waals surface area contributed by atoms with E-state index in [0.29, 0.717) is 13.1 Å². The predicted molar refractivity (Wildman–Crippen MR) is 99.9 cm³/mol. The molecule has 0 heterocycles. The van der Waals surface area contributed by atoms with Crippen LogP contribution in [-0.2, 0) is 17.9 Å². The molecule has 2 aromatic rings. The Labute approximate surface area is 152 Å². The van der Waals surface area contributed by atoms with Crippen LogP contribution < -0.4 is 4.74 Å². The van der Waals surface area contributed by atoms with Crippen LogP contribution >= 0.6 is 15.9 Å². The lowest BCUT2D eigenvalue weighted by Crippen LogP contribution is -2.36. The van der Waals surface area contributed by atoms with E-state index in [1.54, 1.807) is 12.0 Å². The molecule has 24 heavy (non-hydrogen) atoms. The van der Waals surface area contributed by atoms with E-state index in [0.717, 1.165) is 22.3 Å². The van der Waals surface area contributed by atoms with Crippen molar-refractivity contribution in [3.8, 4) is 5.75 Å². The predicted octanol–water partition coefficient (Wildman–Crippen LogP) is 3.55. The van der Waals surface area contributed by atoms with E-state index in [4.69, 9.17) is 4.74 Å². The summed E-state index contributed by atoms with van der Waals surface area (Å²) in [6.45, 7) is 1.67. The summed E-state index contributed by atoms with van der Waals surface area (Å²) in [5, 5.41) is 0. The average molecular weight is 391 g/mol. The Hall–Kier alpha value is -1.85. The van der Waals surface area contributed by atoms with Gasteiger partial charge in [0.2, 0.25) is 5.91 Å². The van der Waals surface area contributed by atoms with Crippen molar-refractivity contribution < 1.29 is 9.53 Å². The second kappa shape index (κ2) is 8.85. The Balaban J connectivity index is 1.89. The van der Waals surface area contributed by atoms with Gasteiger partial charge in [-0.05, 0) is 36.4 Å². The van der Waals surface area contributed by atoms with Gasteiger partial charge in [0.25, 0.3) is 0 Å². The lowest BCUT2D eigenvalue weighted by Gasteiger charge is -2.22. The molecule has 0 radical (unpaired) electrons. The zero-order valence-electron chi connectivity index (χ0n) is 14.3. The molecule has 128 valence electrons. The molecule has 0 aliphatic rings. The van der Waals surface area contributed by atoms with Gasteiger partial charge < -0.3 is 9.64 Å². The summed E-state index contributed by atoms with van der Waals surface area (Å²) in [4.78, 5) is 16.2. The summed E-state index contributed by atoms with van der Waals surface area (Å²) in [6, 6.07) is 15.9. The van der Waals surface area contributed by atoms with Gasteiger partial charge in [-0.2, -0.15) is 0 Å². The number of benzene rings is 2. The molecule has 0 saturated carbocycles. The van der Waals surface area contributed by atoms with Crippen LogP contribution in [0.15, 0.2) is 53.0 Å². The van der Waals surface area contributed by atoms with Gasteiger partial charge in [-0.1, -0.05) is 46.3 Å². The van der Waals surface area contributed by atoms with Crippen LogP contribution in [0.2, 0.25) is 0 Å². The SMILES string of the molecule is COc1cccc(CN(C)C(=O)CN(C)Cc2ccccc2Br)c1. The molecule has 0 bridgehead atoms. The molecule has 0 N–H and O–H groups in total. The van der Waals surface area contributed by atoms with Crippen LogP contribution in [0.4, 0.5) is 0 Å². The van der Waals surface area contributed by atoms with E-state index in [-0.39, 0.29) is 5.91 Å². The van der Waals surface area contributed by atoms with Gasteiger partial charge >= 0.3 is 0 Å². The number of ether oxygens (including phenoxy) is 1. The maximum Gasteiger partial charge on any atom is 0.236 e. The molecular formula is C19H23BrN2O2. The summed E-state index contributed by atoms with van der Waals surface area (Å²) in [7, 11) is 5.43. The molecule has 5 heteroatoms. The first-order valence-electron chi connectivity index (χ1n) is 7.78. The zero-order valence-corrected chi connectivity index (χ0v) is 15.9. The number of nitrogens with zero attached hydrogens (tertiary/aromatic N) is 2. The number of amides is 1. The van der Waals surface area contributed by atoms with Crippen molar-refractivity contribution in [2.75, 3.05) is 27.7 Å². The first kappa shape index (κ1) is 18.5. The van der Waals surface area contributed by atoms with E-state index >= 15 is 0 Å². The molecule has 0 aliphatic heterocycles. The van der Waals surface area contributed by atoms with Crippen molar-refractivity contribution in [1.82, 2.24) is 9.80 Å². The van der Waals surface area contributed by atoms with E-state index in [9.17, 15) is 4.79 Å². The Kier molecular flexibility index (Phi) is 6.82. The highest BCUT2D eigenvalue weighted by molar-refractivity contribution is 9.10. The van der Waals surface area contributed by atoms with Gasteiger partial charge in [0, 0.05) is 24.6 Å². The molecule has 0 fully saturated rings. The average Bonchev–Trinajstić information content (AvgIpc) is 2.57. The highest BCUT2D eigenvalue weighted by Crippen LogP contribution is 2.17. The fraction of sp³-hybridized carbons (Fsp3) is 0.316. The van der Waals surface area contributed by atoms with E-state index in [1.807, 2.05) is 61.5 Å². The van der Waals surface area contributed by atoms with Crippen LogP contribution in [0.5, 0.6) is 5.75 Å². The first-order valence-corrected chi connectivity index (χ1v) is 8.57. The van der Waals surface area contributed by atoms with Crippen molar-refractivity contribution in [1.29, 1.82) is 0 Å². The zero-order chi connectivity index (χ0) is 17.5. The summed E-state index contributed by atoms with van der Waals surface area (Å²) in [5.74, 6) is 0.895. The Morgan fingerprint density at radius 1 is 1.08 bits per heavy atom.